The predicted molar refractivity (Wildman–Crippen MR) is 107 cm³/mol. The number of anilines is 2. The van der Waals surface area contributed by atoms with E-state index in [0.29, 0.717) is 30.0 Å². The number of carbonyl (C=O) groups is 1. The van der Waals surface area contributed by atoms with Crippen LogP contribution < -0.4 is 20.1 Å². The van der Waals surface area contributed by atoms with Crippen LogP contribution in [0.5, 0.6) is 11.5 Å². The average molecular weight is 383 g/mol. The van der Waals surface area contributed by atoms with Gasteiger partial charge < -0.3 is 20.1 Å². The largest absolute Gasteiger partial charge is 0.493 e. The molecule has 0 unspecified atom stereocenters. The van der Waals surface area contributed by atoms with Crippen LogP contribution in [-0.4, -0.2) is 31.7 Å². The number of aromatic nitrogens is 1. The molecule has 3 aromatic rings. The average Bonchev–Trinajstić information content (AvgIpc) is 3.21. The summed E-state index contributed by atoms with van der Waals surface area (Å²) in [6.45, 7) is 0.526. The van der Waals surface area contributed by atoms with Gasteiger partial charge in [0.2, 0.25) is 0 Å². The summed E-state index contributed by atoms with van der Waals surface area (Å²) in [5, 5.41) is 8.82. The van der Waals surface area contributed by atoms with Crippen molar-refractivity contribution in [2.24, 2.45) is 0 Å². The van der Waals surface area contributed by atoms with Gasteiger partial charge in [-0.05, 0) is 42.3 Å². The summed E-state index contributed by atoms with van der Waals surface area (Å²) in [7, 11) is 3.21. The minimum atomic E-state index is -0.113. The Hall–Kier alpha value is -3.06. The highest BCUT2D eigenvalue weighted by Crippen LogP contribution is 2.27. The molecule has 2 N–H and O–H groups in total. The van der Waals surface area contributed by atoms with Crippen molar-refractivity contribution in [1.29, 1.82) is 0 Å². The van der Waals surface area contributed by atoms with E-state index >= 15 is 0 Å². The number of hydrogen-bond donors (Lipinski definition) is 2. The van der Waals surface area contributed by atoms with E-state index < -0.39 is 0 Å². The molecule has 0 fully saturated rings. The number of nitrogens with zero attached hydrogens (tertiary/aromatic N) is 1. The number of nitrogens with one attached hydrogen (secondary N) is 2. The maximum atomic E-state index is 12.4. The van der Waals surface area contributed by atoms with Crippen molar-refractivity contribution >= 4 is 28.1 Å². The Labute approximate surface area is 162 Å². The molecule has 0 bridgehead atoms. The molecule has 0 saturated carbocycles. The third-order valence-electron chi connectivity index (χ3n) is 3.96. The Morgan fingerprint density at radius 3 is 2.70 bits per heavy atom. The van der Waals surface area contributed by atoms with Gasteiger partial charge in [-0.3, -0.25) is 4.79 Å². The maximum Gasteiger partial charge on any atom is 0.251 e. The molecule has 7 heteroatoms. The molecule has 0 aliphatic rings. The van der Waals surface area contributed by atoms with Crippen LogP contribution in [0.1, 0.15) is 15.9 Å². The van der Waals surface area contributed by atoms with Crippen LogP contribution in [0.3, 0.4) is 0 Å². The molecule has 1 heterocycles. The Bertz CT molecular complexity index is 897. The molecular weight excluding hydrogens is 362 g/mol. The van der Waals surface area contributed by atoms with Crippen LogP contribution >= 0.6 is 11.3 Å². The predicted octanol–water partition coefficient (Wildman–Crippen LogP) is 3.88. The lowest BCUT2D eigenvalue weighted by Crippen LogP contribution is -2.25. The molecule has 1 amide bonds. The van der Waals surface area contributed by atoms with E-state index in [9.17, 15) is 4.79 Å². The molecule has 2 aromatic carbocycles. The Morgan fingerprint density at radius 2 is 1.96 bits per heavy atom. The lowest BCUT2D eigenvalue weighted by Gasteiger charge is -2.10. The topological polar surface area (TPSA) is 72.5 Å². The second-order valence-electron chi connectivity index (χ2n) is 5.74. The number of methoxy groups -OCH3 is 2. The van der Waals surface area contributed by atoms with Crippen molar-refractivity contribution < 1.29 is 14.3 Å². The SMILES string of the molecule is COc1ccc(CCNC(=O)c2cccc(Nc3nccs3)c2)cc1OC. The molecule has 140 valence electrons. The maximum absolute atomic E-state index is 12.4. The van der Waals surface area contributed by atoms with E-state index in [1.807, 2.05) is 41.8 Å². The molecule has 6 nitrogen and oxygen atoms in total. The summed E-state index contributed by atoms with van der Waals surface area (Å²) in [5.41, 5.74) is 2.49. The number of carbonyl (C=O) groups excluding carboxylic acids is 1. The zero-order chi connectivity index (χ0) is 19.1. The monoisotopic (exact) mass is 383 g/mol. The highest BCUT2D eigenvalue weighted by atomic mass is 32.1. The molecule has 0 atom stereocenters. The first-order valence-corrected chi connectivity index (χ1v) is 9.33. The summed E-state index contributed by atoms with van der Waals surface area (Å²) < 4.78 is 10.5. The lowest BCUT2D eigenvalue weighted by atomic mass is 10.1. The summed E-state index contributed by atoms with van der Waals surface area (Å²) in [6.07, 6.45) is 2.43. The summed E-state index contributed by atoms with van der Waals surface area (Å²) in [6, 6.07) is 13.1. The molecule has 0 aliphatic heterocycles. The quantitative estimate of drug-likeness (QED) is 0.618. The van der Waals surface area contributed by atoms with Gasteiger partial charge in [-0.1, -0.05) is 12.1 Å². The van der Waals surface area contributed by atoms with Gasteiger partial charge in [-0.25, -0.2) is 4.98 Å². The van der Waals surface area contributed by atoms with Crippen LogP contribution in [0.15, 0.2) is 54.0 Å². The first kappa shape index (κ1) is 18.7. The van der Waals surface area contributed by atoms with Crippen LogP contribution in [0.25, 0.3) is 0 Å². The molecule has 0 saturated heterocycles. The van der Waals surface area contributed by atoms with Crippen molar-refractivity contribution in [1.82, 2.24) is 10.3 Å². The number of thiazole rings is 1. The van der Waals surface area contributed by atoms with Gasteiger partial charge in [-0.15, -0.1) is 11.3 Å². The third kappa shape index (κ3) is 4.98. The van der Waals surface area contributed by atoms with Crippen molar-refractivity contribution in [3.63, 3.8) is 0 Å². The van der Waals surface area contributed by atoms with E-state index in [0.717, 1.165) is 16.4 Å². The van der Waals surface area contributed by atoms with Crippen molar-refractivity contribution in [3.05, 3.63) is 65.2 Å². The summed E-state index contributed by atoms with van der Waals surface area (Å²) in [5.74, 6) is 1.26. The smallest absolute Gasteiger partial charge is 0.251 e. The lowest BCUT2D eigenvalue weighted by molar-refractivity contribution is 0.0954. The van der Waals surface area contributed by atoms with E-state index in [-0.39, 0.29) is 5.91 Å². The molecule has 0 spiro atoms. The van der Waals surface area contributed by atoms with Gasteiger partial charge in [0.05, 0.1) is 14.2 Å². The molecule has 27 heavy (non-hydrogen) atoms. The normalized spacial score (nSPS) is 10.3. The molecule has 3 rings (SSSR count). The second kappa shape index (κ2) is 9.05. The fourth-order valence-corrected chi connectivity index (χ4v) is 3.15. The van der Waals surface area contributed by atoms with Gasteiger partial charge in [0.1, 0.15) is 0 Å². The summed E-state index contributed by atoms with van der Waals surface area (Å²) >= 11 is 1.51. The van der Waals surface area contributed by atoms with Crippen molar-refractivity contribution in [2.45, 2.75) is 6.42 Å². The Balaban J connectivity index is 1.56. The Kier molecular flexibility index (Phi) is 6.27. The molecule has 0 radical (unpaired) electrons. The first-order valence-electron chi connectivity index (χ1n) is 8.45. The van der Waals surface area contributed by atoms with Crippen LogP contribution in [0, 0.1) is 0 Å². The zero-order valence-corrected chi connectivity index (χ0v) is 16.0. The van der Waals surface area contributed by atoms with Crippen molar-refractivity contribution in [2.75, 3.05) is 26.1 Å². The summed E-state index contributed by atoms with van der Waals surface area (Å²) in [4.78, 5) is 16.6. The van der Waals surface area contributed by atoms with Gasteiger partial charge >= 0.3 is 0 Å². The number of benzene rings is 2. The Morgan fingerprint density at radius 1 is 1.11 bits per heavy atom. The number of rotatable bonds is 8. The fraction of sp³-hybridized carbons (Fsp3) is 0.200. The fourth-order valence-electron chi connectivity index (χ4n) is 2.61. The second-order valence-corrected chi connectivity index (χ2v) is 6.63. The van der Waals surface area contributed by atoms with E-state index in [4.69, 9.17) is 9.47 Å². The van der Waals surface area contributed by atoms with Crippen LogP contribution in [-0.2, 0) is 6.42 Å². The molecule has 1 aromatic heterocycles. The van der Waals surface area contributed by atoms with Gasteiger partial charge in [0, 0.05) is 29.4 Å². The van der Waals surface area contributed by atoms with E-state index in [2.05, 4.69) is 15.6 Å². The van der Waals surface area contributed by atoms with E-state index in [1.165, 1.54) is 11.3 Å². The highest BCUT2D eigenvalue weighted by Gasteiger charge is 2.08. The molecule has 0 aliphatic carbocycles. The minimum absolute atomic E-state index is 0.113. The zero-order valence-electron chi connectivity index (χ0n) is 15.2. The number of ether oxygens (including phenoxy) is 2. The first-order chi connectivity index (χ1) is 13.2. The van der Waals surface area contributed by atoms with Gasteiger partial charge in [0.15, 0.2) is 16.6 Å². The number of amides is 1. The van der Waals surface area contributed by atoms with Gasteiger partial charge in [0.25, 0.3) is 5.91 Å². The minimum Gasteiger partial charge on any atom is -0.493 e. The van der Waals surface area contributed by atoms with Crippen LogP contribution in [0.4, 0.5) is 10.8 Å². The van der Waals surface area contributed by atoms with E-state index in [1.54, 1.807) is 26.5 Å². The third-order valence-corrected chi connectivity index (χ3v) is 4.64. The number of hydrogen-bond acceptors (Lipinski definition) is 6. The van der Waals surface area contributed by atoms with Crippen molar-refractivity contribution in [3.8, 4) is 11.5 Å². The van der Waals surface area contributed by atoms with Crippen LogP contribution in [0.2, 0.25) is 0 Å². The molecular formula is C20H21N3O3S. The van der Waals surface area contributed by atoms with Gasteiger partial charge in [-0.2, -0.15) is 0 Å². The standard InChI is InChI=1S/C20H21N3O3S/c1-25-17-7-6-14(12-18(17)26-2)8-9-21-19(24)15-4-3-5-16(13-15)23-20-22-10-11-27-20/h3-7,10-13H,8-9H2,1-2H3,(H,21,24)(H,22,23). The highest BCUT2D eigenvalue weighted by molar-refractivity contribution is 7.13.